The fourth-order valence-electron chi connectivity index (χ4n) is 5.90. The van der Waals surface area contributed by atoms with Crippen molar-refractivity contribution in [1.82, 2.24) is 19.5 Å². The standard InChI is InChI=1S/C26H33N5O5/c1-6-7-21(33)30-12-26(13-30)14-31(25(34)27-23-15(2)28-36-16(23)3)20(11-32)24-22(26)18-9-8-17(35-5)10-19(18)29(24)4/h8-10,20,32H,6-7,11-14H2,1-5H3,(H,27,34)/t20-/m0/s1. The van der Waals surface area contributed by atoms with Crippen molar-refractivity contribution in [3.05, 3.63) is 40.9 Å². The maximum atomic E-state index is 13.6. The smallest absolute Gasteiger partial charge is 0.322 e. The van der Waals surface area contributed by atoms with Gasteiger partial charge in [-0.3, -0.25) is 4.79 Å². The van der Waals surface area contributed by atoms with E-state index in [2.05, 4.69) is 10.5 Å². The second kappa shape index (κ2) is 8.85. The first-order valence-electron chi connectivity index (χ1n) is 12.3. The lowest BCUT2D eigenvalue weighted by atomic mass is 9.68. The summed E-state index contributed by atoms with van der Waals surface area (Å²) in [7, 11) is 3.58. The molecule has 3 amide bonds. The lowest BCUT2D eigenvalue weighted by Crippen LogP contribution is -2.68. The molecule has 0 radical (unpaired) electrons. The van der Waals surface area contributed by atoms with Crippen LogP contribution in [0.5, 0.6) is 5.75 Å². The van der Waals surface area contributed by atoms with Crippen molar-refractivity contribution in [2.75, 3.05) is 38.7 Å². The van der Waals surface area contributed by atoms with E-state index in [9.17, 15) is 14.7 Å². The van der Waals surface area contributed by atoms with E-state index in [0.717, 1.165) is 34.3 Å². The van der Waals surface area contributed by atoms with Gasteiger partial charge >= 0.3 is 6.03 Å². The second-order valence-electron chi connectivity index (χ2n) is 9.94. The number of hydrogen-bond acceptors (Lipinski definition) is 6. The first kappa shape index (κ1) is 24.2. The van der Waals surface area contributed by atoms with Crippen molar-refractivity contribution in [2.24, 2.45) is 7.05 Å². The Kier molecular flexibility index (Phi) is 5.94. The van der Waals surface area contributed by atoms with E-state index in [0.29, 0.717) is 43.2 Å². The third-order valence-electron chi connectivity index (χ3n) is 7.65. The van der Waals surface area contributed by atoms with Crippen LogP contribution in [0.3, 0.4) is 0 Å². The van der Waals surface area contributed by atoms with Crippen LogP contribution in [0.4, 0.5) is 10.5 Å². The molecule has 10 nitrogen and oxygen atoms in total. The number of likely N-dealkylation sites (tertiary alicyclic amines) is 1. The Labute approximate surface area is 209 Å². The van der Waals surface area contributed by atoms with E-state index in [4.69, 9.17) is 9.26 Å². The van der Waals surface area contributed by atoms with Crippen LogP contribution < -0.4 is 10.1 Å². The molecule has 10 heteroatoms. The first-order valence-corrected chi connectivity index (χ1v) is 12.3. The normalized spacial score (nSPS) is 18.3. The molecular weight excluding hydrogens is 462 g/mol. The maximum absolute atomic E-state index is 13.6. The van der Waals surface area contributed by atoms with Crippen LogP contribution in [0.15, 0.2) is 22.7 Å². The number of nitrogens with zero attached hydrogens (tertiary/aromatic N) is 4. The molecule has 2 aliphatic heterocycles. The SMILES string of the molecule is CCCC(=O)N1CC2(C1)CN(C(=O)Nc1c(C)noc1C)[C@@H](CO)c1c2c2ccc(OC)cc2n1C. The molecule has 36 heavy (non-hydrogen) atoms. The molecule has 4 heterocycles. The highest BCUT2D eigenvalue weighted by Gasteiger charge is 2.55. The highest BCUT2D eigenvalue weighted by atomic mass is 16.5. The van der Waals surface area contributed by atoms with E-state index in [1.807, 2.05) is 41.6 Å². The third kappa shape index (κ3) is 3.54. The number of nitrogens with one attached hydrogen (secondary N) is 1. The number of aliphatic hydroxyl groups is 1. The minimum Gasteiger partial charge on any atom is -0.497 e. The number of carbonyl (C=O) groups is 2. The molecule has 2 aromatic heterocycles. The number of hydrogen-bond donors (Lipinski definition) is 2. The van der Waals surface area contributed by atoms with Gasteiger partial charge in [-0.1, -0.05) is 12.1 Å². The van der Waals surface area contributed by atoms with E-state index in [1.54, 1.807) is 25.9 Å². The summed E-state index contributed by atoms with van der Waals surface area (Å²) in [6.45, 7) is 6.70. The number of rotatable bonds is 5. The van der Waals surface area contributed by atoms with Crippen LogP contribution in [0.2, 0.25) is 0 Å². The lowest BCUT2D eigenvalue weighted by molar-refractivity contribution is -0.140. The molecule has 1 spiro atoms. The van der Waals surface area contributed by atoms with E-state index in [-0.39, 0.29) is 18.5 Å². The summed E-state index contributed by atoms with van der Waals surface area (Å²) in [6.07, 6.45) is 1.30. The third-order valence-corrected chi connectivity index (χ3v) is 7.65. The number of amides is 3. The number of ether oxygens (including phenoxy) is 1. The minimum atomic E-state index is -0.560. The van der Waals surface area contributed by atoms with Crippen LogP contribution in [-0.2, 0) is 17.3 Å². The van der Waals surface area contributed by atoms with Gasteiger partial charge in [-0.05, 0) is 38.0 Å². The summed E-state index contributed by atoms with van der Waals surface area (Å²) in [5, 5.41) is 18.5. The molecule has 0 saturated carbocycles. The van der Waals surface area contributed by atoms with Gasteiger partial charge in [0, 0.05) is 50.2 Å². The number of methoxy groups -OCH3 is 1. The van der Waals surface area contributed by atoms with Crippen LogP contribution in [0.25, 0.3) is 10.9 Å². The molecule has 1 atom stereocenters. The fourth-order valence-corrected chi connectivity index (χ4v) is 5.90. The molecule has 1 saturated heterocycles. The lowest BCUT2D eigenvalue weighted by Gasteiger charge is -2.56. The van der Waals surface area contributed by atoms with Gasteiger partial charge in [-0.25, -0.2) is 4.79 Å². The summed E-state index contributed by atoms with van der Waals surface area (Å²) >= 11 is 0. The molecule has 0 unspecified atom stereocenters. The predicted octanol–water partition coefficient (Wildman–Crippen LogP) is 3.25. The maximum Gasteiger partial charge on any atom is 0.322 e. The highest BCUT2D eigenvalue weighted by molar-refractivity contribution is 5.93. The molecule has 0 aliphatic carbocycles. The fraction of sp³-hybridized carbons (Fsp3) is 0.500. The van der Waals surface area contributed by atoms with E-state index >= 15 is 0 Å². The van der Waals surface area contributed by atoms with Crippen molar-refractivity contribution < 1.29 is 24.0 Å². The number of aliphatic hydroxyl groups excluding tert-OH is 1. The van der Waals surface area contributed by atoms with Gasteiger partial charge in [0.25, 0.3) is 0 Å². The van der Waals surface area contributed by atoms with Gasteiger partial charge in [0.05, 0.1) is 30.7 Å². The van der Waals surface area contributed by atoms with Gasteiger partial charge in [0.2, 0.25) is 5.91 Å². The Morgan fingerprint density at radius 2 is 2.03 bits per heavy atom. The monoisotopic (exact) mass is 495 g/mol. The molecule has 2 N–H and O–H groups in total. The number of carbonyl (C=O) groups excluding carboxylic acids is 2. The highest BCUT2D eigenvalue weighted by Crippen LogP contribution is 2.50. The Hall–Kier alpha value is -3.53. The van der Waals surface area contributed by atoms with Gasteiger partial charge in [-0.2, -0.15) is 0 Å². The molecule has 1 fully saturated rings. The summed E-state index contributed by atoms with van der Waals surface area (Å²) in [5.41, 5.74) is 3.63. The minimum absolute atomic E-state index is 0.127. The number of aromatic nitrogens is 2. The Morgan fingerprint density at radius 3 is 2.64 bits per heavy atom. The van der Waals surface area contributed by atoms with Crippen LogP contribution in [0.1, 0.15) is 48.5 Å². The zero-order chi connectivity index (χ0) is 25.8. The number of aryl methyl sites for hydroxylation is 3. The summed E-state index contributed by atoms with van der Waals surface area (Å²) in [4.78, 5) is 29.9. The zero-order valence-corrected chi connectivity index (χ0v) is 21.4. The topological polar surface area (TPSA) is 113 Å². The molecular formula is C26H33N5O5. The predicted molar refractivity (Wildman–Crippen MR) is 134 cm³/mol. The molecule has 3 aromatic rings. The number of anilines is 1. The van der Waals surface area contributed by atoms with Crippen LogP contribution in [-0.4, -0.2) is 69.9 Å². The Morgan fingerprint density at radius 1 is 1.28 bits per heavy atom. The van der Waals surface area contributed by atoms with E-state index < -0.39 is 11.5 Å². The quantitative estimate of drug-likeness (QED) is 0.562. The van der Waals surface area contributed by atoms with Crippen molar-refractivity contribution in [3.8, 4) is 5.75 Å². The summed E-state index contributed by atoms with van der Waals surface area (Å²) in [6, 6.07) is 5.05. The van der Waals surface area contributed by atoms with E-state index in [1.165, 1.54) is 0 Å². The van der Waals surface area contributed by atoms with Crippen molar-refractivity contribution in [1.29, 1.82) is 0 Å². The molecule has 0 bridgehead atoms. The summed E-state index contributed by atoms with van der Waals surface area (Å²) < 4.78 is 12.7. The Bertz CT molecular complexity index is 1320. The first-order chi connectivity index (χ1) is 17.2. The number of benzene rings is 1. The number of fused-ring (bicyclic) bond motifs is 4. The van der Waals surface area contributed by atoms with Gasteiger partial charge in [-0.15, -0.1) is 0 Å². The van der Waals surface area contributed by atoms with Gasteiger partial charge < -0.3 is 34.1 Å². The molecule has 1 aromatic carbocycles. The molecule has 2 aliphatic rings. The Balaban J connectivity index is 1.61. The number of urea groups is 1. The van der Waals surface area contributed by atoms with Crippen molar-refractivity contribution >= 4 is 28.5 Å². The summed E-state index contributed by atoms with van der Waals surface area (Å²) in [5.74, 6) is 1.38. The van der Waals surface area contributed by atoms with Crippen LogP contribution in [0, 0.1) is 13.8 Å². The van der Waals surface area contributed by atoms with Crippen molar-refractivity contribution in [2.45, 2.75) is 45.1 Å². The molecule has 192 valence electrons. The second-order valence-corrected chi connectivity index (χ2v) is 9.94. The average Bonchev–Trinajstić information content (AvgIpc) is 3.32. The molecule has 5 rings (SSSR count). The van der Waals surface area contributed by atoms with Crippen molar-refractivity contribution in [3.63, 3.8) is 0 Å². The largest absolute Gasteiger partial charge is 0.497 e. The average molecular weight is 496 g/mol. The van der Waals surface area contributed by atoms with Crippen LogP contribution >= 0.6 is 0 Å². The van der Waals surface area contributed by atoms with Gasteiger partial charge in [0.15, 0.2) is 5.76 Å². The van der Waals surface area contributed by atoms with Gasteiger partial charge in [0.1, 0.15) is 17.1 Å². The zero-order valence-electron chi connectivity index (χ0n) is 21.4.